The maximum Gasteiger partial charge on any atom is 0.275 e. The summed E-state index contributed by atoms with van der Waals surface area (Å²) in [5.41, 5.74) is 6.13. The van der Waals surface area contributed by atoms with Crippen LogP contribution in [-0.2, 0) is 6.54 Å². The Balaban J connectivity index is 2.08. The van der Waals surface area contributed by atoms with Crippen molar-refractivity contribution in [1.82, 2.24) is 4.98 Å². The summed E-state index contributed by atoms with van der Waals surface area (Å²) in [5.74, 6) is -0.371. The summed E-state index contributed by atoms with van der Waals surface area (Å²) in [7, 11) is 0. The smallest absolute Gasteiger partial charge is 0.275 e. The first-order valence-corrected chi connectivity index (χ1v) is 6.18. The number of amides is 1. The van der Waals surface area contributed by atoms with Crippen molar-refractivity contribution in [3.63, 3.8) is 0 Å². The van der Waals surface area contributed by atoms with E-state index in [1.165, 1.54) is 35.6 Å². The van der Waals surface area contributed by atoms with Crippen molar-refractivity contribution in [3.05, 3.63) is 50.5 Å². The molecule has 0 saturated carbocycles. The minimum atomic E-state index is -0.500. The number of nitro benzene ring substituents is 1. The molecule has 0 aliphatic rings. The third-order valence-electron chi connectivity index (χ3n) is 2.29. The van der Waals surface area contributed by atoms with Crippen molar-refractivity contribution in [2.75, 3.05) is 5.32 Å². The highest BCUT2D eigenvalue weighted by Crippen LogP contribution is 2.16. The molecule has 0 atom stereocenters. The Bertz CT molecular complexity index is 609. The van der Waals surface area contributed by atoms with Gasteiger partial charge in [0.25, 0.3) is 11.6 Å². The number of hydrogen-bond donors (Lipinski definition) is 2. The molecule has 2 aromatic rings. The van der Waals surface area contributed by atoms with Crippen LogP contribution in [0.5, 0.6) is 0 Å². The van der Waals surface area contributed by atoms with Crippen LogP contribution in [0, 0.1) is 10.1 Å². The van der Waals surface area contributed by atoms with Crippen LogP contribution in [-0.4, -0.2) is 15.8 Å². The highest BCUT2D eigenvalue weighted by Gasteiger charge is 2.11. The average molecular weight is 278 g/mol. The molecule has 3 N–H and O–H groups in total. The number of nitrogens with zero attached hydrogens (tertiary/aromatic N) is 2. The van der Waals surface area contributed by atoms with E-state index in [-0.39, 0.29) is 23.8 Å². The van der Waals surface area contributed by atoms with Crippen molar-refractivity contribution >= 4 is 28.6 Å². The van der Waals surface area contributed by atoms with Crippen LogP contribution in [0.15, 0.2) is 29.6 Å². The van der Waals surface area contributed by atoms with Gasteiger partial charge in [0, 0.05) is 29.7 Å². The molecule has 0 saturated heterocycles. The molecular formula is C11H10N4O3S. The maximum absolute atomic E-state index is 11.8. The number of anilines is 1. The molecule has 1 amide bonds. The summed E-state index contributed by atoms with van der Waals surface area (Å²) < 4.78 is 0. The number of nitro groups is 1. The third-order valence-corrected chi connectivity index (χ3v) is 3.17. The van der Waals surface area contributed by atoms with E-state index < -0.39 is 4.92 Å². The SMILES string of the molecule is NCc1nc(C(=O)Nc2ccc([N+](=O)[O-])cc2)cs1. The van der Waals surface area contributed by atoms with Gasteiger partial charge in [-0.3, -0.25) is 14.9 Å². The topological polar surface area (TPSA) is 111 Å². The number of carbonyl (C=O) groups is 1. The quantitative estimate of drug-likeness (QED) is 0.653. The number of hydrogen-bond acceptors (Lipinski definition) is 6. The molecule has 8 heteroatoms. The second-order valence-electron chi connectivity index (χ2n) is 3.59. The zero-order valence-electron chi connectivity index (χ0n) is 9.70. The minimum absolute atomic E-state index is 0.0305. The van der Waals surface area contributed by atoms with Gasteiger partial charge in [-0.25, -0.2) is 4.98 Å². The molecule has 2 rings (SSSR count). The first-order chi connectivity index (χ1) is 9.10. The van der Waals surface area contributed by atoms with E-state index in [1.807, 2.05) is 0 Å². The second-order valence-corrected chi connectivity index (χ2v) is 4.53. The maximum atomic E-state index is 11.8. The van der Waals surface area contributed by atoms with E-state index in [0.29, 0.717) is 10.7 Å². The van der Waals surface area contributed by atoms with Gasteiger partial charge in [0.05, 0.1) is 4.92 Å². The first-order valence-electron chi connectivity index (χ1n) is 5.30. The number of rotatable bonds is 4. The average Bonchev–Trinajstić information content (AvgIpc) is 2.88. The fourth-order valence-electron chi connectivity index (χ4n) is 1.37. The van der Waals surface area contributed by atoms with E-state index in [4.69, 9.17) is 5.73 Å². The normalized spacial score (nSPS) is 10.2. The zero-order valence-corrected chi connectivity index (χ0v) is 10.5. The minimum Gasteiger partial charge on any atom is -0.325 e. The molecule has 19 heavy (non-hydrogen) atoms. The van der Waals surface area contributed by atoms with Crippen LogP contribution in [0.25, 0.3) is 0 Å². The number of benzene rings is 1. The van der Waals surface area contributed by atoms with E-state index in [9.17, 15) is 14.9 Å². The Morgan fingerprint density at radius 1 is 1.42 bits per heavy atom. The molecule has 0 aliphatic carbocycles. The third kappa shape index (κ3) is 3.12. The summed E-state index contributed by atoms with van der Waals surface area (Å²) in [5, 5.41) is 15.4. The fraction of sp³-hybridized carbons (Fsp3) is 0.0909. The Hall–Kier alpha value is -2.32. The largest absolute Gasteiger partial charge is 0.325 e. The number of non-ortho nitro benzene ring substituents is 1. The van der Waals surface area contributed by atoms with Crippen LogP contribution in [0.4, 0.5) is 11.4 Å². The standard InChI is InChI=1S/C11H10N4O3S/c12-5-10-14-9(6-19-10)11(16)13-7-1-3-8(4-2-7)15(17)18/h1-4,6H,5,12H2,(H,13,16). The Morgan fingerprint density at radius 3 is 2.63 bits per heavy atom. The molecule has 0 spiro atoms. The van der Waals surface area contributed by atoms with Crippen molar-refractivity contribution in [1.29, 1.82) is 0 Å². The van der Waals surface area contributed by atoms with Crippen LogP contribution in [0.3, 0.4) is 0 Å². The molecule has 1 aromatic heterocycles. The van der Waals surface area contributed by atoms with Crippen molar-refractivity contribution in [2.24, 2.45) is 5.73 Å². The molecular weight excluding hydrogens is 268 g/mol. The van der Waals surface area contributed by atoms with Gasteiger partial charge in [0.2, 0.25) is 0 Å². The molecule has 98 valence electrons. The molecule has 1 aromatic carbocycles. The van der Waals surface area contributed by atoms with E-state index in [0.717, 1.165) is 0 Å². The number of aromatic nitrogens is 1. The predicted octanol–water partition coefficient (Wildman–Crippen LogP) is 1.76. The van der Waals surface area contributed by atoms with Gasteiger partial charge in [0.15, 0.2) is 0 Å². The lowest BCUT2D eigenvalue weighted by atomic mass is 10.3. The molecule has 0 unspecified atom stereocenters. The van der Waals surface area contributed by atoms with Gasteiger partial charge in [-0.15, -0.1) is 11.3 Å². The van der Waals surface area contributed by atoms with Crippen LogP contribution in [0.2, 0.25) is 0 Å². The van der Waals surface area contributed by atoms with Gasteiger partial charge in [-0.2, -0.15) is 0 Å². The number of nitrogens with one attached hydrogen (secondary N) is 1. The monoisotopic (exact) mass is 278 g/mol. The lowest BCUT2D eigenvalue weighted by Crippen LogP contribution is -2.12. The molecule has 0 aliphatic heterocycles. The van der Waals surface area contributed by atoms with Gasteiger partial charge < -0.3 is 11.1 Å². The summed E-state index contributed by atoms with van der Waals surface area (Å²) in [6.07, 6.45) is 0. The molecule has 0 bridgehead atoms. The molecule has 1 heterocycles. The van der Waals surface area contributed by atoms with E-state index in [2.05, 4.69) is 10.3 Å². The predicted molar refractivity (Wildman–Crippen MR) is 71.1 cm³/mol. The number of thiazole rings is 1. The number of nitrogens with two attached hydrogens (primary N) is 1. The second kappa shape index (κ2) is 5.55. The van der Waals surface area contributed by atoms with Crippen molar-refractivity contribution in [2.45, 2.75) is 6.54 Å². The van der Waals surface area contributed by atoms with E-state index in [1.54, 1.807) is 5.38 Å². The Morgan fingerprint density at radius 2 is 2.11 bits per heavy atom. The fourth-order valence-corrected chi connectivity index (χ4v) is 2.03. The van der Waals surface area contributed by atoms with Crippen LogP contribution >= 0.6 is 11.3 Å². The van der Waals surface area contributed by atoms with E-state index >= 15 is 0 Å². The van der Waals surface area contributed by atoms with Crippen LogP contribution < -0.4 is 11.1 Å². The number of carbonyl (C=O) groups excluding carboxylic acids is 1. The lowest BCUT2D eigenvalue weighted by Gasteiger charge is -2.02. The molecule has 0 radical (unpaired) electrons. The lowest BCUT2D eigenvalue weighted by molar-refractivity contribution is -0.384. The summed E-state index contributed by atoms with van der Waals surface area (Å²) in [6, 6.07) is 5.57. The Kier molecular flexibility index (Phi) is 3.83. The molecule has 0 fully saturated rings. The summed E-state index contributed by atoms with van der Waals surface area (Å²) in [4.78, 5) is 25.9. The zero-order chi connectivity index (χ0) is 13.8. The van der Waals surface area contributed by atoms with Gasteiger partial charge >= 0.3 is 0 Å². The molecule has 7 nitrogen and oxygen atoms in total. The van der Waals surface area contributed by atoms with Gasteiger partial charge in [-0.1, -0.05) is 0 Å². The summed E-state index contributed by atoms with van der Waals surface area (Å²) in [6.45, 7) is 0.287. The van der Waals surface area contributed by atoms with Crippen molar-refractivity contribution < 1.29 is 9.72 Å². The van der Waals surface area contributed by atoms with Crippen molar-refractivity contribution in [3.8, 4) is 0 Å². The van der Waals surface area contributed by atoms with Crippen LogP contribution in [0.1, 0.15) is 15.5 Å². The summed E-state index contributed by atoms with van der Waals surface area (Å²) >= 11 is 1.31. The Labute approximate surface area is 112 Å². The highest BCUT2D eigenvalue weighted by atomic mass is 32.1. The highest BCUT2D eigenvalue weighted by molar-refractivity contribution is 7.09. The van der Waals surface area contributed by atoms with Gasteiger partial charge in [-0.05, 0) is 12.1 Å². The first kappa shape index (κ1) is 13.1. The van der Waals surface area contributed by atoms with Gasteiger partial charge in [0.1, 0.15) is 10.7 Å².